The van der Waals surface area contributed by atoms with Gasteiger partial charge in [-0.15, -0.1) is 0 Å². The number of amides is 3. The van der Waals surface area contributed by atoms with E-state index >= 15 is 0 Å². The first-order valence-corrected chi connectivity index (χ1v) is 9.90. The van der Waals surface area contributed by atoms with Crippen molar-refractivity contribution in [3.63, 3.8) is 0 Å². The molecule has 1 fully saturated rings. The molecule has 0 aliphatic carbocycles. The molecule has 3 rings (SSSR count). The molecule has 0 aromatic heterocycles. The minimum Gasteiger partial charge on any atom is -0.345 e. The van der Waals surface area contributed by atoms with Crippen LogP contribution in [0.2, 0.25) is 5.02 Å². The average Bonchev–Trinajstić information content (AvgIpc) is 2.74. The molecule has 152 valence electrons. The summed E-state index contributed by atoms with van der Waals surface area (Å²) in [5, 5.41) is 3.47. The Balaban J connectivity index is 1.61. The lowest BCUT2D eigenvalue weighted by molar-refractivity contribution is -0.121. The van der Waals surface area contributed by atoms with E-state index in [0.29, 0.717) is 34.9 Å². The van der Waals surface area contributed by atoms with Crippen molar-refractivity contribution in [2.45, 2.75) is 12.8 Å². The highest BCUT2D eigenvalue weighted by atomic mass is 35.5. The molecule has 1 aliphatic heterocycles. The molecule has 0 radical (unpaired) electrons. The molecule has 1 atom stereocenters. The first kappa shape index (κ1) is 20.9. The molecule has 2 aromatic rings. The van der Waals surface area contributed by atoms with Crippen LogP contribution in [0.5, 0.6) is 0 Å². The normalized spacial score (nSPS) is 16.2. The second kappa shape index (κ2) is 9.09. The lowest BCUT2D eigenvalue weighted by Gasteiger charge is -2.32. The van der Waals surface area contributed by atoms with Crippen molar-refractivity contribution < 1.29 is 14.4 Å². The summed E-state index contributed by atoms with van der Waals surface area (Å²) >= 11 is 5.89. The van der Waals surface area contributed by atoms with E-state index in [1.807, 2.05) is 0 Å². The molecule has 1 unspecified atom stereocenters. The number of piperidine rings is 1. The van der Waals surface area contributed by atoms with Crippen molar-refractivity contribution in [3.05, 3.63) is 64.7 Å². The Kier molecular flexibility index (Phi) is 6.54. The van der Waals surface area contributed by atoms with E-state index in [-0.39, 0.29) is 23.6 Å². The monoisotopic (exact) mass is 413 g/mol. The van der Waals surface area contributed by atoms with Crippen LogP contribution in [0.25, 0.3) is 0 Å². The van der Waals surface area contributed by atoms with Gasteiger partial charge in [-0.3, -0.25) is 14.4 Å². The zero-order valence-electron chi connectivity index (χ0n) is 16.5. The van der Waals surface area contributed by atoms with Gasteiger partial charge in [0, 0.05) is 49.0 Å². The van der Waals surface area contributed by atoms with Crippen molar-refractivity contribution in [1.29, 1.82) is 0 Å². The largest absolute Gasteiger partial charge is 0.345 e. The second-order valence-electron chi connectivity index (χ2n) is 7.36. The molecule has 6 nitrogen and oxygen atoms in total. The molecular formula is C22H24ClN3O3. The molecule has 1 N–H and O–H groups in total. The predicted molar refractivity (Wildman–Crippen MR) is 113 cm³/mol. The lowest BCUT2D eigenvalue weighted by atomic mass is 9.96. The van der Waals surface area contributed by atoms with Gasteiger partial charge in [0.2, 0.25) is 5.91 Å². The minimum absolute atomic E-state index is 0.0912. The second-order valence-corrected chi connectivity index (χ2v) is 7.80. The fourth-order valence-corrected chi connectivity index (χ4v) is 3.48. The van der Waals surface area contributed by atoms with Crippen molar-refractivity contribution in [3.8, 4) is 0 Å². The number of nitrogens with one attached hydrogen (secondary N) is 1. The smallest absolute Gasteiger partial charge is 0.253 e. The molecule has 1 saturated heterocycles. The maximum Gasteiger partial charge on any atom is 0.253 e. The number of nitrogens with zero attached hydrogens (tertiary/aromatic N) is 2. The molecule has 7 heteroatoms. The van der Waals surface area contributed by atoms with Crippen LogP contribution in [-0.2, 0) is 4.79 Å². The number of hydrogen-bond acceptors (Lipinski definition) is 3. The van der Waals surface area contributed by atoms with Crippen LogP contribution in [-0.4, -0.2) is 54.7 Å². The Hall–Kier alpha value is -2.86. The fourth-order valence-electron chi connectivity index (χ4n) is 3.35. The molecule has 29 heavy (non-hydrogen) atoms. The Bertz CT molecular complexity index is 895. The molecule has 0 bridgehead atoms. The summed E-state index contributed by atoms with van der Waals surface area (Å²) < 4.78 is 0. The lowest BCUT2D eigenvalue weighted by Crippen LogP contribution is -2.43. The van der Waals surface area contributed by atoms with Gasteiger partial charge in [-0.25, -0.2) is 0 Å². The zero-order chi connectivity index (χ0) is 21.0. The van der Waals surface area contributed by atoms with Gasteiger partial charge in [0.15, 0.2) is 0 Å². The van der Waals surface area contributed by atoms with Crippen LogP contribution in [0, 0.1) is 5.92 Å². The molecule has 1 aliphatic rings. The van der Waals surface area contributed by atoms with Gasteiger partial charge in [-0.1, -0.05) is 11.6 Å². The van der Waals surface area contributed by atoms with E-state index in [1.165, 1.54) is 4.90 Å². The third-order valence-corrected chi connectivity index (χ3v) is 5.23. The SMILES string of the molecule is CN(C)C(=O)c1ccc(NC(=O)C2CCCN(C(=O)c3ccc(Cl)cc3)C2)cc1. The highest BCUT2D eigenvalue weighted by Gasteiger charge is 2.29. The number of rotatable bonds is 4. The highest BCUT2D eigenvalue weighted by Crippen LogP contribution is 2.21. The highest BCUT2D eigenvalue weighted by molar-refractivity contribution is 6.30. The minimum atomic E-state index is -0.275. The van der Waals surface area contributed by atoms with Gasteiger partial charge >= 0.3 is 0 Å². The summed E-state index contributed by atoms with van der Waals surface area (Å²) in [6.07, 6.45) is 1.50. The third-order valence-electron chi connectivity index (χ3n) is 4.98. The van der Waals surface area contributed by atoms with Crippen LogP contribution < -0.4 is 5.32 Å². The Morgan fingerprint density at radius 1 is 1.00 bits per heavy atom. The molecule has 0 saturated carbocycles. The van der Waals surface area contributed by atoms with Crippen LogP contribution in [0.15, 0.2) is 48.5 Å². The van der Waals surface area contributed by atoms with Crippen LogP contribution in [0.4, 0.5) is 5.69 Å². The predicted octanol–water partition coefficient (Wildman–Crippen LogP) is 3.53. The van der Waals surface area contributed by atoms with E-state index in [9.17, 15) is 14.4 Å². The van der Waals surface area contributed by atoms with Gasteiger partial charge in [-0.2, -0.15) is 0 Å². The standard InChI is InChI=1S/C22H24ClN3O3/c1-25(2)21(28)15-7-11-19(12-8-15)24-20(27)17-4-3-13-26(14-17)22(29)16-5-9-18(23)10-6-16/h5-12,17H,3-4,13-14H2,1-2H3,(H,24,27). The van der Waals surface area contributed by atoms with Crippen molar-refractivity contribution >= 4 is 35.0 Å². The maximum atomic E-state index is 12.7. The Morgan fingerprint density at radius 3 is 2.24 bits per heavy atom. The fraction of sp³-hybridized carbons (Fsp3) is 0.318. The van der Waals surface area contributed by atoms with Crippen molar-refractivity contribution in [1.82, 2.24) is 9.80 Å². The van der Waals surface area contributed by atoms with Crippen LogP contribution in [0.1, 0.15) is 33.6 Å². The van der Waals surface area contributed by atoms with Crippen molar-refractivity contribution in [2.75, 3.05) is 32.5 Å². The van der Waals surface area contributed by atoms with Crippen LogP contribution in [0.3, 0.4) is 0 Å². The summed E-state index contributed by atoms with van der Waals surface area (Å²) in [6.45, 7) is 1.01. The van der Waals surface area contributed by atoms with Gasteiger partial charge in [0.05, 0.1) is 5.92 Å². The first-order chi connectivity index (χ1) is 13.8. The Morgan fingerprint density at radius 2 is 1.62 bits per heavy atom. The molecule has 1 heterocycles. The topological polar surface area (TPSA) is 69.7 Å². The number of halogens is 1. The van der Waals surface area contributed by atoms with Gasteiger partial charge in [-0.05, 0) is 61.4 Å². The zero-order valence-corrected chi connectivity index (χ0v) is 17.3. The number of anilines is 1. The average molecular weight is 414 g/mol. The summed E-state index contributed by atoms with van der Waals surface area (Å²) in [7, 11) is 3.39. The molecule has 2 aromatic carbocycles. The van der Waals surface area contributed by atoms with E-state index in [4.69, 9.17) is 11.6 Å². The van der Waals surface area contributed by atoms with Gasteiger partial charge < -0.3 is 15.1 Å². The van der Waals surface area contributed by atoms with E-state index in [2.05, 4.69) is 5.32 Å². The number of carbonyl (C=O) groups is 3. The molecule has 3 amide bonds. The third kappa shape index (κ3) is 5.15. The Labute approximate surface area is 175 Å². The van der Waals surface area contributed by atoms with E-state index in [0.717, 1.165) is 12.8 Å². The van der Waals surface area contributed by atoms with Gasteiger partial charge in [0.25, 0.3) is 11.8 Å². The quantitative estimate of drug-likeness (QED) is 0.833. The summed E-state index contributed by atoms with van der Waals surface area (Å²) in [6, 6.07) is 13.6. The number of hydrogen-bond donors (Lipinski definition) is 1. The number of likely N-dealkylation sites (tertiary alicyclic amines) is 1. The summed E-state index contributed by atoms with van der Waals surface area (Å²) in [5.41, 5.74) is 1.76. The molecule has 0 spiro atoms. The first-order valence-electron chi connectivity index (χ1n) is 9.52. The van der Waals surface area contributed by atoms with Crippen molar-refractivity contribution in [2.24, 2.45) is 5.92 Å². The maximum absolute atomic E-state index is 12.7. The van der Waals surface area contributed by atoms with Crippen LogP contribution >= 0.6 is 11.6 Å². The number of benzene rings is 2. The van der Waals surface area contributed by atoms with Gasteiger partial charge in [0.1, 0.15) is 0 Å². The number of carbonyl (C=O) groups excluding carboxylic acids is 3. The summed E-state index contributed by atoms with van der Waals surface area (Å²) in [4.78, 5) is 40.6. The van der Waals surface area contributed by atoms with E-state index < -0.39 is 0 Å². The summed E-state index contributed by atoms with van der Waals surface area (Å²) in [5.74, 6) is -0.578. The molecular weight excluding hydrogens is 390 g/mol. The van der Waals surface area contributed by atoms with E-state index in [1.54, 1.807) is 67.5 Å².